The summed E-state index contributed by atoms with van der Waals surface area (Å²) in [6, 6.07) is 1.17. The topological polar surface area (TPSA) is 79.6 Å². The minimum atomic E-state index is -0.593. The van der Waals surface area contributed by atoms with Crippen LogP contribution in [0.3, 0.4) is 0 Å². The number of aromatic nitrogens is 1. The molecule has 0 atom stereocenters. The van der Waals surface area contributed by atoms with Crippen LogP contribution in [0, 0.1) is 10.1 Å². The van der Waals surface area contributed by atoms with Crippen LogP contribution >= 0.6 is 11.6 Å². The molecule has 0 aromatic carbocycles. The van der Waals surface area contributed by atoms with Crippen molar-refractivity contribution in [2.45, 2.75) is 12.8 Å². The van der Waals surface area contributed by atoms with Crippen LogP contribution in [0.15, 0.2) is 12.3 Å². The van der Waals surface area contributed by atoms with E-state index in [0.717, 1.165) is 25.8 Å². The fraction of sp³-hybridized carbons (Fsp3) is 0.538. The van der Waals surface area contributed by atoms with Crippen molar-refractivity contribution in [1.82, 2.24) is 14.8 Å². The van der Waals surface area contributed by atoms with E-state index in [1.807, 2.05) is 0 Å². The third-order valence-corrected chi connectivity index (χ3v) is 3.86. The molecule has 1 aliphatic rings. The van der Waals surface area contributed by atoms with Gasteiger partial charge >= 0.3 is 0 Å². The number of carbonyl (C=O) groups excluding carboxylic acids is 1. The molecule has 21 heavy (non-hydrogen) atoms. The molecule has 0 aliphatic carbocycles. The molecule has 0 radical (unpaired) electrons. The molecule has 1 saturated heterocycles. The monoisotopic (exact) mass is 312 g/mol. The standard InChI is InChI=1S/C13H17ClN4O3/c1-16(6-7-17-4-2-3-5-17)13(19)11-8-10(18(20)21)9-15-12(11)14/h8-9H,2-7H2,1H3. The van der Waals surface area contributed by atoms with Crippen LogP contribution in [0.2, 0.25) is 5.15 Å². The maximum Gasteiger partial charge on any atom is 0.288 e. The molecule has 0 spiro atoms. The molecule has 0 saturated carbocycles. The van der Waals surface area contributed by atoms with Gasteiger partial charge in [-0.3, -0.25) is 14.9 Å². The molecule has 0 unspecified atom stereocenters. The number of halogens is 1. The Balaban J connectivity index is 2.03. The Labute approximate surface area is 127 Å². The highest BCUT2D eigenvalue weighted by Crippen LogP contribution is 2.20. The lowest BCUT2D eigenvalue weighted by Crippen LogP contribution is -2.35. The van der Waals surface area contributed by atoms with E-state index in [2.05, 4.69) is 9.88 Å². The van der Waals surface area contributed by atoms with Crippen LogP contribution in [0.1, 0.15) is 23.2 Å². The second kappa shape index (κ2) is 6.82. The van der Waals surface area contributed by atoms with Crippen LogP contribution in [0.4, 0.5) is 5.69 Å². The SMILES string of the molecule is CN(CCN1CCCC1)C(=O)c1cc([N+](=O)[O-])cnc1Cl. The molecule has 1 aromatic rings. The number of likely N-dealkylation sites (tertiary alicyclic amines) is 1. The first-order valence-electron chi connectivity index (χ1n) is 6.77. The molecule has 7 nitrogen and oxygen atoms in total. The van der Waals surface area contributed by atoms with Gasteiger partial charge in [0.15, 0.2) is 0 Å². The van der Waals surface area contributed by atoms with Crippen LogP contribution in [-0.4, -0.2) is 58.8 Å². The van der Waals surface area contributed by atoms with Crippen molar-refractivity contribution < 1.29 is 9.72 Å². The number of nitro groups is 1. The molecule has 2 rings (SSSR count). The first-order chi connectivity index (χ1) is 9.99. The third-order valence-electron chi connectivity index (χ3n) is 3.56. The number of nitrogens with zero attached hydrogens (tertiary/aromatic N) is 4. The van der Waals surface area contributed by atoms with Crippen molar-refractivity contribution in [3.05, 3.63) is 33.1 Å². The summed E-state index contributed by atoms with van der Waals surface area (Å²) in [6.45, 7) is 3.46. The van der Waals surface area contributed by atoms with Gasteiger partial charge in [-0.25, -0.2) is 4.98 Å². The van der Waals surface area contributed by atoms with Gasteiger partial charge in [-0.15, -0.1) is 0 Å². The summed E-state index contributed by atoms with van der Waals surface area (Å²) in [5, 5.41) is 10.7. The fourth-order valence-corrected chi connectivity index (χ4v) is 2.48. The summed E-state index contributed by atoms with van der Waals surface area (Å²) in [6.07, 6.45) is 3.43. The van der Waals surface area contributed by atoms with Gasteiger partial charge in [0.25, 0.3) is 11.6 Å². The van der Waals surface area contributed by atoms with Crippen molar-refractivity contribution in [3.8, 4) is 0 Å². The normalized spacial score (nSPS) is 15.1. The van der Waals surface area contributed by atoms with E-state index in [0.29, 0.717) is 6.54 Å². The molecule has 1 aromatic heterocycles. The average molecular weight is 313 g/mol. The maximum absolute atomic E-state index is 12.3. The summed E-state index contributed by atoms with van der Waals surface area (Å²) >= 11 is 5.88. The van der Waals surface area contributed by atoms with Gasteiger partial charge in [0.1, 0.15) is 11.3 Å². The largest absolute Gasteiger partial charge is 0.340 e. The van der Waals surface area contributed by atoms with Crippen molar-refractivity contribution in [3.63, 3.8) is 0 Å². The smallest absolute Gasteiger partial charge is 0.288 e. The van der Waals surface area contributed by atoms with E-state index < -0.39 is 4.92 Å². The van der Waals surface area contributed by atoms with Gasteiger partial charge in [0, 0.05) is 26.2 Å². The molecule has 1 aliphatic heterocycles. The third kappa shape index (κ3) is 3.89. The molecule has 1 fully saturated rings. The second-order valence-electron chi connectivity index (χ2n) is 5.06. The van der Waals surface area contributed by atoms with Crippen LogP contribution in [0.5, 0.6) is 0 Å². The quantitative estimate of drug-likeness (QED) is 0.470. The zero-order valence-electron chi connectivity index (χ0n) is 11.8. The Morgan fingerprint density at radius 2 is 2.19 bits per heavy atom. The highest BCUT2D eigenvalue weighted by molar-refractivity contribution is 6.32. The van der Waals surface area contributed by atoms with Gasteiger partial charge < -0.3 is 9.80 Å². The molecule has 114 valence electrons. The van der Waals surface area contributed by atoms with E-state index in [-0.39, 0.29) is 22.3 Å². The van der Waals surface area contributed by atoms with Gasteiger partial charge in [0.05, 0.1) is 10.5 Å². The lowest BCUT2D eigenvalue weighted by atomic mass is 10.2. The molecular weight excluding hydrogens is 296 g/mol. The molecule has 8 heteroatoms. The van der Waals surface area contributed by atoms with E-state index >= 15 is 0 Å². The predicted octanol–water partition coefficient (Wildman–Crippen LogP) is 1.81. The Hall–Kier alpha value is -1.73. The molecular formula is C13H17ClN4O3. The van der Waals surface area contributed by atoms with Crippen molar-refractivity contribution in [1.29, 1.82) is 0 Å². The van der Waals surface area contributed by atoms with E-state index in [9.17, 15) is 14.9 Å². The van der Waals surface area contributed by atoms with E-state index in [1.54, 1.807) is 7.05 Å². The zero-order valence-corrected chi connectivity index (χ0v) is 12.5. The predicted molar refractivity (Wildman–Crippen MR) is 78.5 cm³/mol. The highest BCUT2D eigenvalue weighted by atomic mass is 35.5. The molecule has 1 amide bonds. The minimum Gasteiger partial charge on any atom is -0.340 e. The molecule has 0 bridgehead atoms. The summed E-state index contributed by atoms with van der Waals surface area (Å²) in [5.41, 5.74) is -0.175. The van der Waals surface area contributed by atoms with Crippen molar-refractivity contribution in [2.24, 2.45) is 0 Å². The van der Waals surface area contributed by atoms with Crippen molar-refractivity contribution in [2.75, 3.05) is 33.2 Å². The summed E-state index contributed by atoms with van der Waals surface area (Å²) < 4.78 is 0. The number of carbonyl (C=O) groups is 1. The van der Waals surface area contributed by atoms with Gasteiger partial charge in [-0.1, -0.05) is 11.6 Å². The number of rotatable bonds is 5. The fourth-order valence-electron chi connectivity index (χ4n) is 2.29. The Morgan fingerprint density at radius 3 is 2.81 bits per heavy atom. The lowest BCUT2D eigenvalue weighted by molar-refractivity contribution is -0.385. The minimum absolute atomic E-state index is 0.0152. The molecule has 2 heterocycles. The van der Waals surface area contributed by atoms with E-state index in [4.69, 9.17) is 11.6 Å². The van der Waals surface area contributed by atoms with Crippen LogP contribution in [0.25, 0.3) is 0 Å². The lowest BCUT2D eigenvalue weighted by Gasteiger charge is -2.21. The number of hydrogen-bond acceptors (Lipinski definition) is 5. The number of likely N-dealkylation sites (N-methyl/N-ethyl adjacent to an activating group) is 1. The Morgan fingerprint density at radius 1 is 1.52 bits per heavy atom. The van der Waals surface area contributed by atoms with Crippen molar-refractivity contribution >= 4 is 23.2 Å². The van der Waals surface area contributed by atoms with Crippen LogP contribution < -0.4 is 0 Å². The van der Waals surface area contributed by atoms with Gasteiger partial charge in [0.2, 0.25) is 0 Å². The van der Waals surface area contributed by atoms with Gasteiger partial charge in [-0.2, -0.15) is 0 Å². The summed E-state index contributed by atoms with van der Waals surface area (Å²) in [4.78, 5) is 30.0. The van der Waals surface area contributed by atoms with Crippen LogP contribution in [-0.2, 0) is 0 Å². The molecule has 0 N–H and O–H groups in total. The zero-order chi connectivity index (χ0) is 15.4. The number of hydrogen-bond donors (Lipinski definition) is 0. The van der Waals surface area contributed by atoms with Gasteiger partial charge in [-0.05, 0) is 25.9 Å². The average Bonchev–Trinajstić information content (AvgIpc) is 2.97. The highest BCUT2D eigenvalue weighted by Gasteiger charge is 2.21. The first kappa shape index (κ1) is 15.7. The Kier molecular flexibility index (Phi) is 5.08. The first-order valence-corrected chi connectivity index (χ1v) is 7.14. The van der Waals surface area contributed by atoms with E-state index in [1.165, 1.54) is 23.8 Å². The summed E-state index contributed by atoms with van der Waals surface area (Å²) in [7, 11) is 1.66. The Bertz CT molecular complexity index is 546. The maximum atomic E-state index is 12.3. The number of amides is 1. The number of pyridine rings is 1. The second-order valence-corrected chi connectivity index (χ2v) is 5.42. The summed E-state index contributed by atoms with van der Waals surface area (Å²) in [5.74, 6) is -0.351.